The monoisotopic (exact) mass is 2000 g/mol. The second-order valence-corrected chi connectivity index (χ2v) is 34.2. The van der Waals surface area contributed by atoms with E-state index in [1.54, 1.807) is 36.4 Å². The lowest BCUT2D eigenvalue weighted by molar-refractivity contribution is -0.347. The normalized spacial score (nSPS) is 38.2. The van der Waals surface area contributed by atoms with Gasteiger partial charge in [0.2, 0.25) is 0 Å². The summed E-state index contributed by atoms with van der Waals surface area (Å²) >= 11 is 0. The molecule has 0 aliphatic carbocycles. The fraction of sp³-hybridized carbons (Fsp3) is 0.679. The van der Waals surface area contributed by atoms with E-state index in [2.05, 4.69) is 41.2 Å². The summed E-state index contributed by atoms with van der Waals surface area (Å²) < 4.78 is 110. The van der Waals surface area contributed by atoms with Crippen molar-refractivity contribution < 1.29 is 228 Å². The Kier molecular flexibility index (Phi) is 35.2. The second-order valence-electron chi connectivity index (χ2n) is 34.2. The molecule has 15 rings (SSSR count). The molecular formula is C81H113N13O46. The maximum absolute atomic E-state index is 11.4. The van der Waals surface area contributed by atoms with Gasteiger partial charge in [0.05, 0.1) is 77.6 Å². The minimum absolute atomic E-state index is 0.0612. The number of rotatable bonds is 39. The van der Waals surface area contributed by atoms with Gasteiger partial charge < -0.3 is 234 Å². The Bertz CT molecular complexity index is 4500. The molecule has 8 aliphatic rings. The van der Waals surface area contributed by atoms with Crippen LogP contribution in [0, 0.1) is 0 Å². The molecule has 7 aromatic rings. The van der Waals surface area contributed by atoms with Crippen LogP contribution in [0.4, 0.5) is 0 Å². The molecule has 12 heterocycles. The molecule has 0 radical (unpaired) electrons. The van der Waals surface area contributed by atoms with Crippen LogP contribution in [0.3, 0.4) is 0 Å². The highest BCUT2D eigenvalue weighted by Crippen LogP contribution is 2.41. The van der Waals surface area contributed by atoms with Gasteiger partial charge in [-0.15, -0.1) is 20.4 Å². The summed E-state index contributed by atoms with van der Waals surface area (Å²) in [6.07, 6.45) is -63.9. The fourth-order valence-electron chi connectivity index (χ4n) is 16.8. The number of hydrogen-bond acceptors (Lipinski definition) is 55. The summed E-state index contributed by atoms with van der Waals surface area (Å²) in [5, 5.41) is 331. The Balaban J connectivity index is 0.652. The van der Waals surface area contributed by atoms with Gasteiger partial charge in [-0.25, -0.2) is 18.7 Å². The lowest BCUT2D eigenvalue weighted by atomic mass is 9.96. The van der Waals surface area contributed by atoms with Gasteiger partial charge in [-0.3, -0.25) is 0 Å². The van der Waals surface area contributed by atoms with E-state index >= 15 is 0 Å². The van der Waals surface area contributed by atoms with E-state index < -0.39 is 298 Å². The Labute approximate surface area is 789 Å². The summed E-state index contributed by atoms with van der Waals surface area (Å²) in [5.41, 5.74) is 7.83. The smallest absolute Gasteiger partial charge is 0.187 e. The number of nitrogens with two attached hydrogens (primary N) is 1. The van der Waals surface area contributed by atoms with Crippen LogP contribution in [0.25, 0.3) is 0 Å². The maximum Gasteiger partial charge on any atom is 0.187 e. The lowest BCUT2D eigenvalue weighted by Crippen LogP contribution is -2.63. The molecule has 0 amide bonds. The molecule has 0 bridgehead atoms. The van der Waals surface area contributed by atoms with Crippen molar-refractivity contribution in [3.63, 3.8) is 0 Å². The summed E-state index contributed by atoms with van der Waals surface area (Å²) in [6, 6.07) is 13.9. The largest absolute Gasteiger partial charge is 0.489 e. The predicted octanol–water partition coefficient (Wildman–Crippen LogP) is -15.8. The number of benzene rings is 3. The average Bonchev–Trinajstić information content (AvgIpc) is 1.47. The molecule has 8 saturated heterocycles. The molecule has 0 spiro atoms. The van der Waals surface area contributed by atoms with Crippen LogP contribution in [0.5, 0.6) is 34.5 Å². The van der Waals surface area contributed by atoms with E-state index in [4.69, 9.17) is 91.0 Å². The van der Waals surface area contributed by atoms with Crippen molar-refractivity contribution in [3.8, 4) is 34.5 Å². The maximum atomic E-state index is 11.4. The quantitative estimate of drug-likeness (QED) is 0.0170. The minimum atomic E-state index is -1.93. The van der Waals surface area contributed by atoms with Crippen LogP contribution in [0.1, 0.15) is 64.4 Å². The molecule has 30 N–H and O–H groups in total. The van der Waals surface area contributed by atoms with E-state index in [0.717, 1.165) is 18.7 Å². The average molecular weight is 2000 g/mol. The molecule has 59 nitrogen and oxygen atoms in total. The van der Waals surface area contributed by atoms with Crippen LogP contribution in [0.15, 0.2) is 79.4 Å². The third kappa shape index (κ3) is 23.2. The van der Waals surface area contributed by atoms with E-state index in [1.807, 2.05) is 0 Å². The molecule has 0 unspecified atom stereocenters. The number of aliphatic hydroxyl groups is 28. The van der Waals surface area contributed by atoms with Crippen LogP contribution < -0.4 is 34.2 Å². The summed E-state index contributed by atoms with van der Waals surface area (Å²) in [4.78, 5) is 0. The molecule has 3 aromatic carbocycles. The molecule has 8 aliphatic heterocycles. The highest BCUT2D eigenvalue weighted by atomic mass is 16.8. The first kappa shape index (κ1) is 106. The zero-order chi connectivity index (χ0) is 100. The van der Waals surface area contributed by atoms with Crippen LogP contribution in [-0.2, 0) is 103 Å². The van der Waals surface area contributed by atoms with Crippen molar-refractivity contribution in [3.05, 3.63) is 119 Å². The van der Waals surface area contributed by atoms with Crippen molar-refractivity contribution in [2.45, 2.75) is 292 Å². The van der Waals surface area contributed by atoms with Crippen LogP contribution in [-0.4, -0.2) is 476 Å². The fourth-order valence-corrected chi connectivity index (χ4v) is 16.8. The highest BCUT2D eigenvalue weighted by Gasteiger charge is 2.57. The SMILES string of the molecule is NCc1cc(OCc2cc(OCc3cn([C@@H]4O[C@H](CO)[C@@H](O[C@@H]5O[C@H](CO)[C@H](O)[C@H](O)[C@H]5O)[C@H](O)[C@H]4O)nn3)cc(OCc3cn([C@@H]4O[C@H](CO)[C@@H](O[C@@H]5O[C@H](CO)[C@H](O)[C@H](O)[C@H]5O)[C@H](O)[C@H]4O)nn3)c2)cc(OCc2cc(OCc3cn([C@@H]4O[C@H](CO)[C@@H](O[C@@H]5O[C@H](CO)[C@H](O)[C@H](O)[C@H]5O)[C@H](O)[C@H]4O)nn3)cc(OCc3cn([C@@H]4O[C@H](CO)[C@@H](O[C@@H]5O[C@H](CO)[C@H](O)[C@H](O)[C@H]5O)[C@H](O)[C@H]4O)nn3)c2)c1. The standard InChI is InChI=1S/C81H113N13O46/c82-10-29-1-36(123-23-30-3-38(125-25-32-11-91(87-83-32)74-62(115)58(111)70(46(19-99)129-74)137-78-66(119)54(107)50(103)42(15-95)133-78)8-39(4-30)126-26-33-12-92(88-84-33)75-63(116)59(112)71(47(20-100)130-75)138-79-67(120)55(108)51(104)43(16-96)134-79)7-37(2-29)124-24-31-5-40(127-27-34-13-93(89-85-34)76-64(117)60(113)72(48(21-101)131-76)139-80-68(121)56(109)52(105)44(17-97)135-80)9-41(6-31)128-28-35-14-94(90-86-35)77-65(118)61(114)73(49(22-102)132-77)140-81-69(122)57(110)53(106)45(18-98)136-81/h1-9,11-14,42-81,95-122H,10,15-28,82H2/t42-,43-,44-,45-,46-,47-,48-,49-,50+,51+,52+,53+,54+,55+,56+,57+,58-,59-,60-,61-,62-,63-,64-,65-,66-,67-,68-,69-,70-,71-,72-,73-,74-,75-,76-,77-,78+,79+,80+,81+/m1/s1. The Morgan fingerprint density at radius 3 is 0.629 bits per heavy atom. The molecule has 40 atom stereocenters. The lowest BCUT2D eigenvalue weighted by Gasteiger charge is -2.45. The number of ether oxygens (including phenoxy) is 18. The summed E-state index contributed by atoms with van der Waals surface area (Å²) in [7, 11) is 0. The van der Waals surface area contributed by atoms with E-state index in [9.17, 15) is 143 Å². The van der Waals surface area contributed by atoms with E-state index in [-0.39, 0.29) is 103 Å². The van der Waals surface area contributed by atoms with Gasteiger partial charge in [-0.05, 0) is 53.1 Å². The first-order chi connectivity index (χ1) is 67.2. The van der Waals surface area contributed by atoms with Gasteiger partial charge in [0, 0.05) is 24.7 Å². The molecule has 4 aromatic heterocycles. The molecular weight excluding hydrogens is 1890 g/mol. The van der Waals surface area contributed by atoms with Crippen molar-refractivity contribution in [1.82, 2.24) is 60.0 Å². The van der Waals surface area contributed by atoms with Gasteiger partial charge in [-0.2, -0.15) is 0 Å². The third-order valence-electron chi connectivity index (χ3n) is 24.6. The Morgan fingerprint density at radius 1 is 0.229 bits per heavy atom. The second kappa shape index (κ2) is 46.6. The van der Waals surface area contributed by atoms with Gasteiger partial charge in [0.15, 0.2) is 50.1 Å². The Hall–Kier alpha value is -8.62. The third-order valence-corrected chi connectivity index (χ3v) is 24.6. The summed E-state index contributed by atoms with van der Waals surface area (Å²) in [5.74, 6) is 0.741. The molecule has 8 fully saturated rings. The van der Waals surface area contributed by atoms with Crippen molar-refractivity contribution in [2.75, 3.05) is 52.9 Å². The first-order valence-corrected chi connectivity index (χ1v) is 44.0. The zero-order valence-electron chi connectivity index (χ0n) is 73.5. The van der Waals surface area contributed by atoms with E-state index in [1.165, 1.54) is 43.0 Å². The first-order valence-electron chi connectivity index (χ1n) is 44.0. The highest BCUT2D eigenvalue weighted by molar-refractivity contribution is 5.42. The van der Waals surface area contributed by atoms with Crippen molar-refractivity contribution in [1.29, 1.82) is 0 Å². The number of hydrogen-bond donors (Lipinski definition) is 29. The van der Waals surface area contributed by atoms with Gasteiger partial charge in [0.1, 0.15) is 292 Å². The van der Waals surface area contributed by atoms with Gasteiger partial charge in [0.25, 0.3) is 0 Å². The Morgan fingerprint density at radius 2 is 0.429 bits per heavy atom. The summed E-state index contributed by atoms with van der Waals surface area (Å²) in [6.45, 7) is -8.81. The molecule has 59 heteroatoms. The predicted molar refractivity (Wildman–Crippen MR) is 440 cm³/mol. The number of aliphatic hydroxyl groups excluding tert-OH is 28. The zero-order valence-corrected chi connectivity index (χ0v) is 73.5. The van der Waals surface area contributed by atoms with Crippen LogP contribution in [0.2, 0.25) is 0 Å². The van der Waals surface area contributed by atoms with Crippen LogP contribution >= 0.6 is 0 Å². The molecule has 140 heavy (non-hydrogen) atoms. The van der Waals surface area contributed by atoms with Gasteiger partial charge in [-0.1, -0.05) is 20.9 Å². The minimum Gasteiger partial charge on any atom is -0.489 e. The number of aromatic nitrogens is 12. The number of nitrogens with zero attached hydrogens (tertiary/aromatic N) is 12. The van der Waals surface area contributed by atoms with Crippen molar-refractivity contribution >= 4 is 0 Å². The van der Waals surface area contributed by atoms with Crippen molar-refractivity contribution in [2.24, 2.45) is 5.73 Å². The molecule has 0 saturated carbocycles. The molecule has 778 valence electrons. The topological polar surface area (TPSA) is 881 Å². The van der Waals surface area contributed by atoms with Gasteiger partial charge >= 0.3 is 0 Å². The van der Waals surface area contributed by atoms with E-state index in [0.29, 0.717) is 16.7 Å².